The molecular weight excluding hydrogens is 430 g/mol. The largest absolute Gasteiger partial charge is 0.340 e. The zero-order valence-corrected chi connectivity index (χ0v) is 18.4. The maximum atomic E-state index is 13.1. The van der Waals surface area contributed by atoms with Gasteiger partial charge in [0.1, 0.15) is 16.5 Å². The van der Waals surface area contributed by atoms with Crippen LogP contribution >= 0.6 is 11.3 Å². The Labute approximate surface area is 193 Å². The molecule has 5 aromatic rings. The van der Waals surface area contributed by atoms with Crippen molar-refractivity contribution in [2.24, 2.45) is 0 Å². The van der Waals surface area contributed by atoms with Gasteiger partial charge in [0.2, 0.25) is 0 Å². The monoisotopic (exact) mass is 447 g/mol. The summed E-state index contributed by atoms with van der Waals surface area (Å²) in [6.07, 6.45) is 0. The van der Waals surface area contributed by atoms with E-state index in [9.17, 15) is 9.59 Å². The first kappa shape index (κ1) is 19.5. The van der Waals surface area contributed by atoms with Crippen LogP contribution in [0.1, 0.15) is 37.7 Å². The van der Waals surface area contributed by atoms with Gasteiger partial charge in [-0.05, 0) is 36.8 Å². The first-order chi connectivity index (χ1) is 16.1. The second-order valence-corrected chi connectivity index (χ2v) is 8.93. The van der Waals surface area contributed by atoms with E-state index in [1.54, 1.807) is 47.7 Å². The number of rotatable bonds is 3. The van der Waals surface area contributed by atoms with Crippen LogP contribution in [-0.2, 0) is 0 Å². The molecule has 33 heavy (non-hydrogen) atoms. The van der Waals surface area contributed by atoms with Crippen molar-refractivity contribution < 1.29 is 9.59 Å². The Morgan fingerprint density at radius 2 is 1.39 bits per heavy atom. The minimum absolute atomic E-state index is 0.127. The number of ketones is 2. The number of fused-ring (bicyclic) bond motifs is 3. The Morgan fingerprint density at radius 1 is 0.727 bits per heavy atom. The molecule has 2 heterocycles. The summed E-state index contributed by atoms with van der Waals surface area (Å²) in [5.74, 6) is 1.06. The molecule has 0 aliphatic heterocycles. The number of nitrogens with zero attached hydrogens (tertiary/aromatic N) is 2. The Morgan fingerprint density at radius 3 is 2.15 bits per heavy atom. The smallest absolute Gasteiger partial charge is 0.194 e. The Hall–Kier alpha value is -4.16. The fourth-order valence-corrected chi connectivity index (χ4v) is 5.26. The van der Waals surface area contributed by atoms with Crippen molar-refractivity contribution >= 4 is 44.6 Å². The molecule has 0 atom stereocenters. The van der Waals surface area contributed by atoms with Gasteiger partial charge < -0.3 is 5.32 Å². The van der Waals surface area contributed by atoms with E-state index in [1.807, 2.05) is 31.2 Å². The van der Waals surface area contributed by atoms with Crippen LogP contribution in [0.5, 0.6) is 0 Å². The molecule has 0 saturated carbocycles. The van der Waals surface area contributed by atoms with Crippen LogP contribution in [0.4, 0.5) is 11.5 Å². The second kappa shape index (κ2) is 7.46. The SMILES string of the molecule is Cc1nc(Nc2ccc3c(c2)C(=O)c2ccccc2C3=O)c2cc(-c3ccccc3)sc2n1. The fourth-order valence-electron chi connectivity index (χ4n) is 4.18. The number of carbonyl (C=O) groups is 2. The third kappa shape index (κ3) is 3.23. The maximum Gasteiger partial charge on any atom is 0.194 e. The van der Waals surface area contributed by atoms with E-state index in [1.165, 1.54) is 0 Å². The molecular formula is C27H17N3O2S. The molecule has 0 fully saturated rings. The zero-order chi connectivity index (χ0) is 22.5. The number of hydrogen-bond acceptors (Lipinski definition) is 6. The van der Waals surface area contributed by atoms with Gasteiger partial charge in [0.25, 0.3) is 0 Å². The Kier molecular flexibility index (Phi) is 4.41. The topological polar surface area (TPSA) is 72.0 Å². The summed E-state index contributed by atoms with van der Waals surface area (Å²) in [5, 5.41) is 4.27. The summed E-state index contributed by atoms with van der Waals surface area (Å²) >= 11 is 1.62. The minimum Gasteiger partial charge on any atom is -0.340 e. The number of thiophene rings is 1. The highest BCUT2D eigenvalue weighted by Gasteiger charge is 2.29. The van der Waals surface area contributed by atoms with Crippen LogP contribution in [0.25, 0.3) is 20.7 Å². The molecule has 5 nitrogen and oxygen atoms in total. The van der Waals surface area contributed by atoms with Gasteiger partial charge in [-0.3, -0.25) is 9.59 Å². The highest BCUT2D eigenvalue weighted by molar-refractivity contribution is 7.21. The number of aromatic nitrogens is 2. The molecule has 1 aliphatic rings. The van der Waals surface area contributed by atoms with E-state index in [0.717, 1.165) is 20.7 Å². The summed E-state index contributed by atoms with van der Waals surface area (Å²) in [6.45, 7) is 1.86. The van der Waals surface area contributed by atoms with E-state index in [2.05, 4.69) is 33.5 Å². The van der Waals surface area contributed by atoms with Crippen molar-refractivity contribution in [2.75, 3.05) is 5.32 Å². The fraction of sp³-hybridized carbons (Fsp3) is 0.0370. The van der Waals surface area contributed by atoms with Gasteiger partial charge in [-0.1, -0.05) is 54.6 Å². The number of anilines is 2. The molecule has 1 N–H and O–H groups in total. The number of hydrogen-bond donors (Lipinski definition) is 1. The highest BCUT2D eigenvalue weighted by atomic mass is 32.1. The van der Waals surface area contributed by atoms with Crippen LogP contribution in [0.3, 0.4) is 0 Å². The summed E-state index contributed by atoms with van der Waals surface area (Å²) in [4.78, 5) is 37.2. The number of nitrogens with one attached hydrogen (secondary N) is 1. The van der Waals surface area contributed by atoms with Crippen molar-refractivity contribution in [1.29, 1.82) is 0 Å². The van der Waals surface area contributed by atoms with Crippen LogP contribution in [0.2, 0.25) is 0 Å². The average Bonchev–Trinajstić information content (AvgIpc) is 3.27. The van der Waals surface area contributed by atoms with Crippen molar-refractivity contribution in [2.45, 2.75) is 6.92 Å². The highest BCUT2D eigenvalue weighted by Crippen LogP contribution is 2.37. The Bertz CT molecular complexity index is 1590. The molecule has 0 radical (unpaired) electrons. The first-order valence-corrected chi connectivity index (χ1v) is 11.3. The van der Waals surface area contributed by atoms with Gasteiger partial charge in [0.15, 0.2) is 11.6 Å². The molecule has 6 heteroatoms. The normalized spacial score (nSPS) is 12.5. The molecule has 158 valence electrons. The molecule has 1 aliphatic carbocycles. The zero-order valence-electron chi connectivity index (χ0n) is 17.6. The molecule has 0 saturated heterocycles. The van der Waals surface area contributed by atoms with E-state index in [4.69, 9.17) is 0 Å². The van der Waals surface area contributed by atoms with Crippen LogP contribution in [-0.4, -0.2) is 21.5 Å². The lowest BCUT2D eigenvalue weighted by atomic mass is 9.84. The Balaban J connectivity index is 1.42. The first-order valence-electron chi connectivity index (χ1n) is 10.5. The lowest BCUT2D eigenvalue weighted by Crippen LogP contribution is -2.20. The number of carbonyl (C=O) groups excluding carboxylic acids is 2. The van der Waals surface area contributed by atoms with Crippen molar-refractivity contribution in [1.82, 2.24) is 9.97 Å². The van der Waals surface area contributed by atoms with Gasteiger partial charge in [-0.15, -0.1) is 11.3 Å². The minimum atomic E-state index is -0.144. The quantitative estimate of drug-likeness (QED) is 0.350. The lowest BCUT2D eigenvalue weighted by Gasteiger charge is -2.18. The third-order valence-corrected chi connectivity index (χ3v) is 6.83. The lowest BCUT2D eigenvalue weighted by molar-refractivity contribution is 0.0979. The van der Waals surface area contributed by atoms with Gasteiger partial charge in [0, 0.05) is 32.8 Å². The molecule has 0 spiro atoms. The van der Waals surface area contributed by atoms with Crippen LogP contribution in [0, 0.1) is 6.92 Å². The standard InChI is InChI=1S/C27H17N3O2S/c1-15-28-26(22-14-23(33-27(22)29-15)16-7-3-2-4-8-16)30-17-11-12-20-21(13-17)25(32)19-10-6-5-9-18(19)24(20)31/h2-14H,1H3,(H,28,29,30). The average molecular weight is 448 g/mol. The predicted octanol–water partition coefficient (Wildman–Crippen LogP) is 6.19. The molecule has 6 rings (SSSR count). The van der Waals surface area contributed by atoms with Crippen molar-refractivity contribution in [3.8, 4) is 10.4 Å². The summed E-state index contributed by atoms with van der Waals surface area (Å²) in [6, 6.07) is 24.5. The van der Waals surface area contributed by atoms with E-state index < -0.39 is 0 Å². The van der Waals surface area contributed by atoms with E-state index in [0.29, 0.717) is 39.6 Å². The summed E-state index contributed by atoms with van der Waals surface area (Å²) < 4.78 is 0. The van der Waals surface area contributed by atoms with Crippen molar-refractivity contribution in [3.05, 3.63) is 107 Å². The second-order valence-electron chi connectivity index (χ2n) is 7.90. The van der Waals surface area contributed by atoms with Gasteiger partial charge in [0.05, 0.1) is 5.39 Å². The molecule has 3 aromatic carbocycles. The molecule has 2 aromatic heterocycles. The molecule has 0 bridgehead atoms. The van der Waals surface area contributed by atoms with Gasteiger partial charge in [-0.2, -0.15) is 0 Å². The summed E-state index contributed by atoms with van der Waals surface area (Å²) in [7, 11) is 0. The van der Waals surface area contributed by atoms with Crippen LogP contribution < -0.4 is 5.32 Å². The van der Waals surface area contributed by atoms with Gasteiger partial charge >= 0.3 is 0 Å². The molecule has 0 amide bonds. The van der Waals surface area contributed by atoms with E-state index >= 15 is 0 Å². The van der Waals surface area contributed by atoms with Gasteiger partial charge in [-0.25, -0.2) is 9.97 Å². The number of benzene rings is 3. The van der Waals surface area contributed by atoms with Crippen molar-refractivity contribution in [3.63, 3.8) is 0 Å². The van der Waals surface area contributed by atoms with E-state index in [-0.39, 0.29) is 11.6 Å². The predicted molar refractivity (Wildman–Crippen MR) is 131 cm³/mol. The maximum absolute atomic E-state index is 13.1. The third-order valence-electron chi connectivity index (χ3n) is 5.75. The molecule has 0 unspecified atom stereocenters. The number of aryl methyl sites for hydroxylation is 1. The summed E-state index contributed by atoms with van der Waals surface area (Å²) in [5.41, 5.74) is 3.55. The van der Waals surface area contributed by atoms with Crippen LogP contribution in [0.15, 0.2) is 78.9 Å².